The molecule has 5 rings (SSSR count). The van der Waals surface area contributed by atoms with Crippen LogP contribution in [0.5, 0.6) is 0 Å². The van der Waals surface area contributed by atoms with Crippen LogP contribution in [0.15, 0.2) is 35.4 Å². The van der Waals surface area contributed by atoms with Crippen LogP contribution < -0.4 is 0 Å². The zero-order chi connectivity index (χ0) is 19.1. The van der Waals surface area contributed by atoms with Gasteiger partial charge in [-0.3, -0.25) is 0 Å². The van der Waals surface area contributed by atoms with Gasteiger partial charge in [-0.15, -0.1) is 24.8 Å². The summed E-state index contributed by atoms with van der Waals surface area (Å²) in [5, 5.41) is 0. The van der Waals surface area contributed by atoms with Gasteiger partial charge in [-0.2, -0.15) is 0 Å². The number of allylic oxidation sites excluding steroid dienone is 2. The van der Waals surface area contributed by atoms with E-state index in [2.05, 4.69) is 78.0 Å². The van der Waals surface area contributed by atoms with Gasteiger partial charge in [0.15, 0.2) is 0 Å². The van der Waals surface area contributed by atoms with Gasteiger partial charge in [0.05, 0.1) is 0 Å². The van der Waals surface area contributed by atoms with E-state index < -0.39 is 20.3 Å². The molecule has 0 nitrogen and oxygen atoms in total. The van der Waals surface area contributed by atoms with Crippen molar-refractivity contribution in [2.45, 2.75) is 57.1 Å². The minimum atomic E-state index is -2.40. The van der Waals surface area contributed by atoms with Gasteiger partial charge in [0.2, 0.25) is 0 Å². The predicted octanol–water partition coefficient (Wildman–Crippen LogP) is 8.38. The molecule has 1 aliphatic heterocycles. The Morgan fingerprint density at radius 1 is 0.586 bits per heavy atom. The maximum Gasteiger partial charge on any atom is -0.147 e. The molecule has 0 amide bonds. The first-order valence-electron chi connectivity index (χ1n) is 10.4. The fourth-order valence-electron chi connectivity index (χ4n) is 6.31. The molecule has 1 fully saturated rings. The van der Waals surface area contributed by atoms with E-state index in [0.29, 0.717) is 0 Å². The molecule has 154 valence electrons. The second-order valence-electron chi connectivity index (χ2n) is 9.43. The Hall–Kier alpha value is -0.617. The summed E-state index contributed by atoms with van der Waals surface area (Å²) >= 11 is -2.40. The number of hydrogen-bond acceptors (Lipinski definition) is 0. The predicted molar refractivity (Wildman–Crippen MR) is 129 cm³/mol. The minimum absolute atomic E-state index is 0. The van der Waals surface area contributed by atoms with Crippen molar-refractivity contribution in [2.24, 2.45) is 0 Å². The van der Waals surface area contributed by atoms with E-state index in [4.69, 9.17) is 0 Å². The quantitative estimate of drug-likeness (QED) is 0.384. The molecule has 29 heavy (non-hydrogen) atoms. The number of halogens is 2. The van der Waals surface area contributed by atoms with Gasteiger partial charge in [-0.05, 0) is 0 Å². The third-order valence-electron chi connectivity index (χ3n) is 7.66. The van der Waals surface area contributed by atoms with E-state index in [1.807, 2.05) is 0 Å². The summed E-state index contributed by atoms with van der Waals surface area (Å²) in [5.41, 5.74) is 15.9. The van der Waals surface area contributed by atoms with E-state index in [1.54, 1.807) is 41.7 Å². The van der Waals surface area contributed by atoms with Crippen molar-refractivity contribution < 1.29 is 20.3 Å². The fraction of sp³-hybridized carbons (Fsp3) is 0.385. The Kier molecular flexibility index (Phi) is 6.21. The third kappa shape index (κ3) is 3.19. The Bertz CT molecular complexity index is 975. The van der Waals surface area contributed by atoms with Crippen LogP contribution in [0.1, 0.15) is 65.6 Å². The number of aryl methyl sites for hydroxylation is 4. The van der Waals surface area contributed by atoms with Crippen LogP contribution in [0.25, 0.3) is 12.2 Å². The zero-order valence-electron chi connectivity index (χ0n) is 18.3. The average Bonchev–Trinajstić information content (AvgIpc) is 3.19. The Labute approximate surface area is 193 Å². The van der Waals surface area contributed by atoms with E-state index in [-0.39, 0.29) is 24.8 Å². The molecule has 0 N–H and O–H groups in total. The van der Waals surface area contributed by atoms with E-state index in [0.717, 1.165) is 7.25 Å². The molecule has 2 aromatic carbocycles. The summed E-state index contributed by atoms with van der Waals surface area (Å²) in [7, 11) is 0. The van der Waals surface area contributed by atoms with Crippen LogP contribution in [0.4, 0.5) is 0 Å². The van der Waals surface area contributed by atoms with Gasteiger partial charge in [-0.1, -0.05) is 0 Å². The molecule has 0 aromatic heterocycles. The standard InChI is InChI=1S/2C12H13.C2H4.2ClH.Zr/c2*1-8-6-11-9(2)4-5-10(3)12(11)7-8;1-2;;;/h2*4-7H,1-3H3;1-2H2;2*1H;. The van der Waals surface area contributed by atoms with Crippen LogP contribution in [-0.4, -0.2) is 0 Å². The van der Waals surface area contributed by atoms with E-state index in [1.165, 1.54) is 22.3 Å². The summed E-state index contributed by atoms with van der Waals surface area (Å²) < 4.78 is 4.68. The molecular formula is C26H32Cl2Zr. The van der Waals surface area contributed by atoms with Gasteiger partial charge >= 0.3 is 169 Å². The normalized spacial score (nSPS) is 22.7. The molecule has 0 saturated carbocycles. The first-order valence-corrected chi connectivity index (χ1v) is 16.7. The topological polar surface area (TPSA) is 0 Å². The van der Waals surface area contributed by atoms with Crippen LogP contribution in [0, 0.1) is 27.7 Å². The summed E-state index contributed by atoms with van der Waals surface area (Å²) in [6.07, 6.45) is 5.08. The smallest absolute Gasteiger partial charge is 0.147 e. The molecule has 2 aromatic rings. The molecule has 1 saturated heterocycles. The van der Waals surface area contributed by atoms with Crippen molar-refractivity contribution in [3.05, 3.63) is 79.9 Å². The molecule has 2 atom stereocenters. The van der Waals surface area contributed by atoms with Gasteiger partial charge in [0.25, 0.3) is 0 Å². The minimum Gasteiger partial charge on any atom is -0.147 e. The molecule has 2 aliphatic carbocycles. The Balaban J connectivity index is 0.00000120. The van der Waals surface area contributed by atoms with Crippen LogP contribution in [0.3, 0.4) is 0 Å². The number of benzene rings is 2. The molecule has 0 bridgehead atoms. The van der Waals surface area contributed by atoms with Crippen molar-refractivity contribution in [3.63, 3.8) is 0 Å². The molecule has 2 unspecified atom stereocenters. The Morgan fingerprint density at radius 3 is 1.28 bits per heavy atom. The van der Waals surface area contributed by atoms with Crippen molar-refractivity contribution in [1.29, 1.82) is 0 Å². The molecule has 3 aliphatic rings. The first-order chi connectivity index (χ1) is 12.8. The van der Waals surface area contributed by atoms with Gasteiger partial charge in [-0.25, -0.2) is 0 Å². The van der Waals surface area contributed by atoms with Gasteiger partial charge in [0, 0.05) is 0 Å². The number of hydrogen-bond donors (Lipinski definition) is 0. The third-order valence-corrected chi connectivity index (χ3v) is 21.0. The zero-order valence-corrected chi connectivity index (χ0v) is 22.4. The van der Waals surface area contributed by atoms with Crippen molar-refractivity contribution in [3.8, 4) is 0 Å². The van der Waals surface area contributed by atoms with Gasteiger partial charge in [0.1, 0.15) is 0 Å². The Morgan fingerprint density at radius 2 is 0.931 bits per heavy atom. The maximum absolute atomic E-state index is 2.54. The van der Waals surface area contributed by atoms with Gasteiger partial charge < -0.3 is 0 Å². The van der Waals surface area contributed by atoms with Crippen LogP contribution >= 0.6 is 24.8 Å². The number of fused-ring (bicyclic) bond motifs is 2. The van der Waals surface area contributed by atoms with Crippen molar-refractivity contribution in [2.75, 3.05) is 0 Å². The van der Waals surface area contributed by atoms with Crippen LogP contribution in [-0.2, 0) is 20.3 Å². The second kappa shape index (κ2) is 7.82. The average molecular weight is 507 g/mol. The molecule has 0 spiro atoms. The fourth-order valence-corrected chi connectivity index (χ4v) is 24.4. The SMILES string of the molecule is CC1=Cc2c(C)ccc(C)c2[CH]1[Zr]1([CH]2C(C)=Cc3c(C)ccc(C)c32)[CH2][CH2]1.Cl.Cl. The molecule has 0 radical (unpaired) electrons. The second-order valence-corrected chi connectivity index (χ2v) is 20.8. The summed E-state index contributed by atoms with van der Waals surface area (Å²) in [6.45, 7) is 14.1. The maximum atomic E-state index is 2.54. The molecule has 3 heteroatoms. The number of rotatable bonds is 2. The van der Waals surface area contributed by atoms with Crippen molar-refractivity contribution in [1.82, 2.24) is 0 Å². The van der Waals surface area contributed by atoms with E-state index in [9.17, 15) is 0 Å². The molecular weight excluding hydrogens is 474 g/mol. The summed E-state index contributed by atoms with van der Waals surface area (Å²) in [4.78, 5) is 0. The van der Waals surface area contributed by atoms with E-state index >= 15 is 0 Å². The van der Waals surface area contributed by atoms with Crippen LogP contribution in [0.2, 0.25) is 8.26 Å². The largest absolute Gasteiger partial charge is 0.147 e. The molecule has 1 heterocycles. The van der Waals surface area contributed by atoms with Crippen molar-refractivity contribution >= 4 is 37.0 Å². The summed E-state index contributed by atoms with van der Waals surface area (Å²) in [5.74, 6) is 0. The summed E-state index contributed by atoms with van der Waals surface area (Å²) in [6, 6.07) is 9.38. The monoisotopic (exact) mass is 504 g/mol. The first kappa shape index (κ1) is 23.1.